The SMILES string of the molecule is COCc1cc(C)oc1C(=O)OC. The van der Waals surface area contributed by atoms with E-state index < -0.39 is 5.97 Å². The minimum absolute atomic E-state index is 0.224. The standard InChI is InChI=1S/C9H12O4/c1-6-4-7(5-11-2)8(13-6)9(10)12-3/h4H,5H2,1-3H3. The van der Waals surface area contributed by atoms with E-state index >= 15 is 0 Å². The fraction of sp³-hybridized carbons (Fsp3) is 0.444. The zero-order chi connectivity index (χ0) is 9.84. The average molecular weight is 184 g/mol. The van der Waals surface area contributed by atoms with Gasteiger partial charge in [-0.3, -0.25) is 0 Å². The van der Waals surface area contributed by atoms with E-state index in [0.717, 1.165) is 0 Å². The second-order valence-electron chi connectivity index (χ2n) is 2.64. The lowest BCUT2D eigenvalue weighted by Gasteiger charge is -1.98. The number of hydrogen-bond acceptors (Lipinski definition) is 4. The molecule has 0 unspecified atom stereocenters. The zero-order valence-corrected chi connectivity index (χ0v) is 7.92. The van der Waals surface area contributed by atoms with Crippen molar-refractivity contribution < 1.29 is 18.7 Å². The Bertz CT molecular complexity index is 301. The van der Waals surface area contributed by atoms with Crippen molar-refractivity contribution in [1.82, 2.24) is 0 Å². The van der Waals surface area contributed by atoms with Crippen molar-refractivity contribution >= 4 is 5.97 Å². The van der Waals surface area contributed by atoms with Crippen LogP contribution < -0.4 is 0 Å². The second-order valence-corrected chi connectivity index (χ2v) is 2.64. The topological polar surface area (TPSA) is 48.7 Å². The highest BCUT2D eigenvalue weighted by Crippen LogP contribution is 2.16. The molecule has 0 saturated heterocycles. The average Bonchev–Trinajstić information content (AvgIpc) is 2.46. The third kappa shape index (κ3) is 2.09. The molecule has 4 nitrogen and oxygen atoms in total. The maximum atomic E-state index is 11.2. The van der Waals surface area contributed by atoms with Crippen LogP contribution in [0, 0.1) is 6.92 Å². The monoisotopic (exact) mass is 184 g/mol. The molecule has 1 aromatic heterocycles. The summed E-state index contributed by atoms with van der Waals surface area (Å²) < 4.78 is 14.6. The van der Waals surface area contributed by atoms with Gasteiger partial charge in [0.15, 0.2) is 0 Å². The van der Waals surface area contributed by atoms with Gasteiger partial charge in [0.25, 0.3) is 0 Å². The molecule has 0 spiro atoms. The van der Waals surface area contributed by atoms with E-state index in [0.29, 0.717) is 17.9 Å². The molecule has 0 aliphatic rings. The first-order valence-corrected chi connectivity index (χ1v) is 3.85. The second kappa shape index (κ2) is 4.09. The summed E-state index contributed by atoms with van der Waals surface area (Å²) in [6, 6.07) is 1.76. The van der Waals surface area contributed by atoms with Crippen molar-refractivity contribution in [1.29, 1.82) is 0 Å². The van der Waals surface area contributed by atoms with Crippen LogP contribution >= 0.6 is 0 Å². The summed E-state index contributed by atoms with van der Waals surface area (Å²) >= 11 is 0. The van der Waals surface area contributed by atoms with E-state index in [1.54, 1.807) is 20.1 Å². The fourth-order valence-corrected chi connectivity index (χ4v) is 1.10. The van der Waals surface area contributed by atoms with Crippen molar-refractivity contribution in [3.8, 4) is 0 Å². The van der Waals surface area contributed by atoms with Crippen molar-refractivity contribution in [3.05, 3.63) is 23.2 Å². The summed E-state index contributed by atoms with van der Waals surface area (Å²) in [6.45, 7) is 2.12. The van der Waals surface area contributed by atoms with Crippen LogP contribution in [0.3, 0.4) is 0 Å². The van der Waals surface area contributed by atoms with Gasteiger partial charge in [-0.1, -0.05) is 0 Å². The molecule has 13 heavy (non-hydrogen) atoms. The van der Waals surface area contributed by atoms with Crippen molar-refractivity contribution in [2.45, 2.75) is 13.5 Å². The maximum absolute atomic E-state index is 11.2. The molecule has 0 aliphatic carbocycles. The number of aryl methyl sites for hydroxylation is 1. The molecule has 1 heterocycles. The number of hydrogen-bond donors (Lipinski definition) is 0. The van der Waals surface area contributed by atoms with Crippen LogP contribution in [0.1, 0.15) is 21.9 Å². The quantitative estimate of drug-likeness (QED) is 0.668. The van der Waals surface area contributed by atoms with Gasteiger partial charge in [-0.05, 0) is 13.0 Å². The third-order valence-electron chi connectivity index (χ3n) is 1.60. The Morgan fingerprint density at radius 3 is 2.77 bits per heavy atom. The molecule has 0 bridgehead atoms. The minimum atomic E-state index is -0.472. The first kappa shape index (κ1) is 9.80. The number of carbonyl (C=O) groups is 1. The Balaban J connectivity index is 2.96. The van der Waals surface area contributed by atoms with Gasteiger partial charge in [0.05, 0.1) is 13.7 Å². The molecule has 0 aliphatic heterocycles. The molecule has 0 saturated carbocycles. The Morgan fingerprint density at radius 2 is 2.23 bits per heavy atom. The fourth-order valence-electron chi connectivity index (χ4n) is 1.10. The van der Waals surface area contributed by atoms with Gasteiger partial charge in [0.2, 0.25) is 5.76 Å². The highest BCUT2D eigenvalue weighted by Gasteiger charge is 2.16. The Morgan fingerprint density at radius 1 is 1.54 bits per heavy atom. The Hall–Kier alpha value is -1.29. The number of esters is 1. The summed E-state index contributed by atoms with van der Waals surface area (Å²) in [7, 11) is 2.88. The lowest BCUT2D eigenvalue weighted by atomic mass is 10.2. The lowest BCUT2D eigenvalue weighted by molar-refractivity contribution is 0.0557. The highest BCUT2D eigenvalue weighted by molar-refractivity contribution is 5.87. The minimum Gasteiger partial charge on any atom is -0.463 e. The number of methoxy groups -OCH3 is 2. The summed E-state index contributed by atoms with van der Waals surface area (Å²) in [5.74, 6) is 0.425. The van der Waals surface area contributed by atoms with Gasteiger partial charge >= 0.3 is 5.97 Å². The van der Waals surface area contributed by atoms with Crippen LogP contribution in [0.5, 0.6) is 0 Å². The maximum Gasteiger partial charge on any atom is 0.374 e. The van der Waals surface area contributed by atoms with E-state index in [9.17, 15) is 4.79 Å². The molecule has 0 amide bonds. The van der Waals surface area contributed by atoms with Gasteiger partial charge in [0.1, 0.15) is 5.76 Å². The molecule has 0 radical (unpaired) electrons. The molecule has 1 aromatic rings. The molecule has 1 rings (SSSR count). The van der Waals surface area contributed by atoms with Gasteiger partial charge < -0.3 is 13.9 Å². The zero-order valence-electron chi connectivity index (χ0n) is 7.92. The smallest absolute Gasteiger partial charge is 0.374 e. The summed E-state index contributed by atoms with van der Waals surface area (Å²) in [6.07, 6.45) is 0. The molecule has 0 fully saturated rings. The molecular formula is C9H12O4. The van der Waals surface area contributed by atoms with Crippen LogP contribution in [0.25, 0.3) is 0 Å². The molecule has 72 valence electrons. The van der Waals surface area contributed by atoms with Crippen LogP contribution in [0.4, 0.5) is 0 Å². The van der Waals surface area contributed by atoms with Crippen LogP contribution in [0.15, 0.2) is 10.5 Å². The van der Waals surface area contributed by atoms with Gasteiger partial charge in [0, 0.05) is 12.7 Å². The molecule has 4 heteroatoms. The number of rotatable bonds is 3. The van der Waals surface area contributed by atoms with Gasteiger partial charge in [-0.2, -0.15) is 0 Å². The van der Waals surface area contributed by atoms with E-state index in [1.165, 1.54) is 7.11 Å². The largest absolute Gasteiger partial charge is 0.463 e. The van der Waals surface area contributed by atoms with Crippen molar-refractivity contribution in [2.24, 2.45) is 0 Å². The van der Waals surface area contributed by atoms with Gasteiger partial charge in [-0.25, -0.2) is 4.79 Å². The van der Waals surface area contributed by atoms with Crippen LogP contribution in [0.2, 0.25) is 0 Å². The van der Waals surface area contributed by atoms with E-state index in [-0.39, 0.29) is 5.76 Å². The predicted octanol–water partition coefficient (Wildman–Crippen LogP) is 1.52. The van der Waals surface area contributed by atoms with Crippen LogP contribution in [-0.4, -0.2) is 20.2 Å². The normalized spacial score (nSPS) is 10.1. The molecule has 0 N–H and O–H groups in total. The molecular weight excluding hydrogens is 172 g/mol. The number of ether oxygens (including phenoxy) is 2. The van der Waals surface area contributed by atoms with Crippen LogP contribution in [-0.2, 0) is 16.1 Å². The third-order valence-corrected chi connectivity index (χ3v) is 1.60. The highest BCUT2D eigenvalue weighted by atomic mass is 16.5. The molecule has 0 aromatic carbocycles. The number of carbonyl (C=O) groups excluding carboxylic acids is 1. The van der Waals surface area contributed by atoms with Crippen molar-refractivity contribution in [2.75, 3.05) is 14.2 Å². The van der Waals surface area contributed by atoms with Crippen molar-refractivity contribution in [3.63, 3.8) is 0 Å². The Kier molecular flexibility index (Phi) is 3.08. The first-order chi connectivity index (χ1) is 6.19. The summed E-state index contributed by atoms with van der Waals surface area (Å²) in [5.41, 5.74) is 0.715. The predicted molar refractivity (Wildman–Crippen MR) is 45.5 cm³/mol. The lowest BCUT2D eigenvalue weighted by Crippen LogP contribution is -2.03. The Labute approximate surface area is 76.4 Å². The summed E-state index contributed by atoms with van der Waals surface area (Å²) in [5, 5.41) is 0. The van der Waals surface area contributed by atoms with E-state index in [2.05, 4.69) is 4.74 Å². The van der Waals surface area contributed by atoms with Gasteiger partial charge in [-0.15, -0.1) is 0 Å². The summed E-state index contributed by atoms with van der Waals surface area (Å²) in [4.78, 5) is 11.2. The number of furan rings is 1. The van der Waals surface area contributed by atoms with E-state index in [1.807, 2.05) is 0 Å². The van der Waals surface area contributed by atoms with E-state index in [4.69, 9.17) is 9.15 Å². The first-order valence-electron chi connectivity index (χ1n) is 3.85. The molecule has 0 atom stereocenters.